The maximum Gasteiger partial charge on any atom is 0.324 e. The lowest BCUT2D eigenvalue weighted by Crippen LogP contribution is -2.67. The van der Waals surface area contributed by atoms with Gasteiger partial charge in [-0.2, -0.15) is 4.68 Å². The summed E-state index contributed by atoms with van der Waals surface area (Å²) < 4.78 is 1.71. The zero-order valence-corrected chi connectivity index (χ0v) is 23.0. The van der Waals surface area contributed by atoms with Crippen LogP contribution in [-0.4, -0.2) is 47.1 Å². The molecule has 0 radical (unpaired) electrons. The van der Waals surface area contributed by atoms with Gasteiger partial charge in [0.05, 0.1) is 11.3 Å². The van der Waals surface area contributed by atoms with Crippen LogP contribution >= 0.6 is 11.3 Å². The number of benzene rings is 3. The summed E-state index contributed by atoms with van der Waals surface area (Å²) in [6.07, 6.45) is 0. The first-order chi connectivity index (χ1) is 19.4. The second kappa shape index (κ2) is 8.40. The van der Waals surface area contributed by atoms with Crippen molar-refractivity contribution in [2.75, 3.05) is 31.0 Å². The van der Waals surface area contributed by atoms with Crippen molar-refractivity contribution in [1.82, 2.24) is 14.5 Å². The van der Waals surface area contributed by atoms with Crippen molar-refractivity contribution >= 4 is 34.5 Å². The van der Waals surface area contributed by atoms with Crippen molar-refractivity contribution in [3.05, 3.63) is 121 Å². The minimum atomic E-state index is -1.27. The molecule has 0 unspecified atom stereocenters. The zero-order chi connectivity index (χ0) is 27.8. The van der Waals surface area contributed by atoms with E-state index in [9.17, 15) is 14.4 Å². The van der Waals surface area contributed by atoms with E-state index >= 15 is 0 Å². The predicted molar refractivity (Wildman–Crippen MR) is 153 cm³/mol. The van der Waals surface area contributed by atoms with Crippen molar-refractivity contribution in [1.29, 1.82) is 0 Å². The van der Waals surface area contributed by atoms with E-state index in [1.54, 1.807) is 28.8 Å². The fourth-order valence-electron chi connectivity index (χ4n) is 6.38. The van der Waals surface area contributed by atoms with Crippen LogP contribution in [-0.2, 0) is 16.1 Å². The van der Waals surface area contributed by atoms with Crippen LogP contribution in [0, 0.1) is 0 Å². The summed E-state index contributed by atoms with van der Waals surface area (Å²) in [4.78, 5) is 52.0. The quantitative estimate of drug-likeness (QED) is 0.424. The first-order valence-electron chi connectivity index (χ1n) is 13.0. The molecule has 200 valence electrons. The number of para-hydroxylation sites is 1. The normalized spacial score (nSPS) is 24.4. The van der Waals surface area contributed by atoms with Gasteiger partial charge in [0.25, 0.3) is 11.5 Å². The van der Waals surface area contributed by atoms with Gasteiger partial charge in [-0.3, -0.25) is 24.8 Å². The number of urea groups is 1. The van der Waals surface area contributed by atoms with Crippen LogP contribution in [0.15, 0.2) is 94.7 Å². The molecule has 40 heavy (non-hydrogen) atoms. The Morgan fingerprint density at radius 2 is 1.45 bits per heavy atom. The Labute approximate surface area is 233 Å². The molecule has 3 aliphatic rings. The highest BCUT2D eigenvalue weighted by atomic mass is 32.1. The van der Waals surface area contributed by atoms with E-state index in [1.807, 2.05) is 91.9 Å². The number of carbonyl (C=O) groups is 2. The van der Waals surface area contributed by atoms with Crippen LogP contribution < -0.4 is 25.2 Å². The number of amides is 3. The molecule has 4 heterocycles. The van der Waals surface area contributed by atoms with Crippen molar-refractivity contribution < 1.29 is 9.59 Å². The summed E-state index contributed by atoms with van der Waals surface area (Å²) in [5, 5.41) is 0. The standard InChI is InChI=1S/C30H26N6O3S/c1-4-35-22-18-12-11-17-21(22)23(25(35)37)24-26(38)36-27(40-24)31-29(19-13-7-5-8-14-19)30(32-36,20-15-9-6-10-16-20)34(3)28(39)33(29)2/h5-18,32H,4H2,1-3H3/b24-23-/t29-,30-/m0/s1. The van der Waals surface area contributed by atoms with E-state index in [0.717, 1.165) is 33.7 Å². The summed E-state index contributed by atoms with van der Waals surface area (Å²) in [5.74, 6) is -0.208. The molecule has 2 atom stereocenters. The van der Waals surface area contributed by atoms with Crippen LogP contribution in [0.1, 0.15) is 23.6 Å². The molecule has 1 saturated heterocycles. The van der Waals surface area contributed by atoms with Crippen molar-refractivity contribution in [2.45, 2.75) is 18.2 Å². The van der Waals surface area contributed by atoms with E-state index in [2.05, 4.69) is 5.43 Å². The van der Waals surface area contributed by atoms with Gasteiger partial charge >= 0.3 is 6.03 Å². The first-order valence-corrected chi connectivity index (χ1v) is 13.9. The third-order valence-electron chi connectivity index (χ3n) is 8.21. The van der Waals surface area contributed by atoms with E-state index in [0.29, 0.717) is 21.5 Å². The Morgan fingerprint density at radius 1 is 0.825 bits per heavy atom. The van der Waals surface area contributed by atoms with E-state index in [4.69, 9.17) is 4.99 Å². The highest BCUT2D eigenvalue weighted by Crippen LogP contribution is 2.53. The summed E-state index contributed by atoms with van der Waals surface area (Å²) in [6, 6.07) is 26.5. The van der Waals surface area contributed by atoms with Gasteiger partial charge in [0.1, 0.15) is 4.53 Å². The highest BCUT2D eigenvalue weighted by molar-refractivity contribution is 7.07. The van der Waals surface area contributed by atoms with Crippen molar-refractivity contribution in [3.63, 3.8) is 0 Å². The largest absolute Gasteiger partial charge is 0.324 e. The maximum absolute atomic E-state index is 14.2. The lowest BCUT2D eigenvalue weighted by Gasteiger charge is -2.49. The van der Waals surface area contributed by atoms with Crippen LogP contribution in [0.2, 0.25) is 0 Å². The Morgan fingerprint density at radius 3 is 2.12 bits per heavy atom. The van der Waals surface area contributed by atoms with Gasteiger partial charge in [-0.15, -0.1) is 0 Å². The zero-order valence-electron chi connectivity index (χ0n) is 22.2. The molecule has 4 aromatic rings. The van der Waals surface area contributed by atoms with Gasteiger partial charge < -0.3 is 4.90 Å². The predicted octanol–water partition coefficient (Wildman–Crippen LogP) is 2.36. The number of nitrogens with one attached hydrogen (secondary N) is 1. The second-order valence-electron chi connectivity index (χ2n) is 10.0. The summed E-state index contributed by atoms with van der Waals surface area (Å²) in [5.41, 5.74) is 3.99. The fraction of sp³-hybridized carbons (Fsp3) is 0.200. The molecular formula is C30H26N6O3S. The number of anilines is 1. The minimum Gasteiger partial charge on any atom is -0.308 e. The summed E-state index contributed by atoms with van der Waals surface area (Å²) >= 11 is 1.16. The molecule has 3 aliphatic heterocycles. The Bertz CT molecular complexity index is 1890. The van der Waals surface area contributed by atoms with Crippen molar-refractivity contribution in [3.8, 4) is 0 Å². The number of hydrogen-bond acceptors (Lipinski definition) is 6. The lowest BCUT2D eigenvalue weighted by atomic mass is 9.80. The Balaban J connectivity index is 1.61. The third kappa shape index (κ3) is 2.80. The fourth-order valence-corrected chi connectivity index (χ4v) is 7.44. The molecule has 3 aromatic carbocycles. The van der Waals surface area contributed by atoms with Crippen LogP contribution in [0.3, 0.4) is 0 Å². The first kappa shape index (κ1) is 24.3. The van der Waals surface area contributed by atoms with Gasteiger partial charge in [-0.1, -0.05) is 90.2 Å². The summed E-state index contributed by atoms with van der Waals surface area (Å²) in [6.45, 7) is 2.40. The monoisotopic (exact) mass is 550 g/mol. The molecule has 3 amide bonds. The molecule has 10 heteroatoms. The molecule has 7 rings (SSSR count). The molecule has 0 aliphatic carbocycles. The molecule has 9 nitrogen and oxygen atoms in total. The average Bonchev–Trinajstić information content (AvgIpc) is 3.52. The molecule has 1 fully saturated rings. The molecular weight excluding hydrogens is 524 g/mol. The number of aromatic nitrogens is 1. The topological polar surface area (TPSA) is 90.2 Å². The van der Waals surface area contributed by atoms with Gasteiger partial charge in [-0.25, -0.2) is 9.79 Å². The molecule has 1 N–H and O–H groups in total. The van der Waals surface area contributed by atoms with Gasteiger partial charge in [0.15, 0.2) is 0 Å². The number of thiazole rings is 1. The average molecular weight is 551 g/mol. The second-order valence-corrected chi connectivity index (χ2v) is 11.0. The van der Waals surface area contributed by atoms with Gasteiger partial charge in [0, 0.05) is 37.3 Å². The molecule has 0 saturated carbocycles. The van der Waals surface area contributed by atoms with E-state index in [1.165, 1.54) is 4.68 Å². The van der Waals surface area contributed by atoms with Crippen LogP contribution in [0.25, 0.3) is 5.57 Å². The van der Waals surface area contributed by atoms with Gasteiger partial charge in [-0.05, 0) is 13.0 Å². The maximum atomic E-state index is 14.2. The van der Waals surface area contributed by atoms with E-state index in [-0.39, 0.29) is 17.5 Å². The number of nitrogens with zero attached hydrogens (tertiary/aromatic N) is 5. The highest BCUT2D eigenvalue weighted by Gasteiger charge is 2.69. The number of fused-ring (bicyclic) bond motifs is 3. The van der Waals surface area contributed by atoms with Crippen LogP contribution in [0.5, 0.6) is 0 Å². The number of rotatable bonds is 3. The summed E-state index contributed by atoms with van der Waals surface area (Å²) in [7, 11) is 3.45. The van der Waals surface area contributed by atoms with Crippen molar-refractivity contribution in [2.24, 2.45) is 4.99 Å². The molecule has 0 bridgehead atoms. The van der Waals surface area contributed by atoms with Gasteiger partial charge in [0.2, 0.25) is 16.1 Å². The molecule has 0 spiro atoms. The van der Waals surface area contributed by atoms with E-state index < -0.39 is 11.3 Å². The Kier molecular flexibility index (Phi) is 5.11. The Hall–Kier alpha value is -4.70. The third-order valence-corrected chi connectivity index (χ3v) is 9.25. The number of likely N-dealkylation sites (N-methyl/N-ethyl adjacent to an activating group) is 3. The number of hydrogen-bond donors (Lipinski definition) is 1. The SMILES string of the molecule is CCN1C(=O)/C(=c2\sc3n(c2=O)N[C@@]2(c4ccccc4)N(C)C(=O)N(C)[C@]2(c2ccccc2)N=3)c2ccccc21. The molecule has 1 aromatic heterocycles. The minimum absolute atomic E-state index is 0.208. The smallest absolute Gasteiger partial charge is 0.308 e. The lowest BCUT2D eigenvalue weighted by molar-refractivity contribution is -0.113. The number of carbonyl (C=O) groups excluding carboxylic acids is 2. The van der Waals surface area contributed by atoms with Crippen LogP contribution in [0.4, 0.5) is 10.5 Å².